The van der Waals surface area contributed by atoms with Gasteiger partial charge >= 0.3 is 24.9 Å². The van der Waals surface area contributed by atoms with Crippen molar-refractivity contribution in [3.05, 3.63) is 0 Å². The van der Waals surface area contributed by atoms with Crippen molar-refractivity contribution in [2.75, 3.05) is 41.0 Å². The average Bonchev–Trinajstić information content (AvgIpc) is 2.50. The van der Waals surface area contributed by atoms with Crippen LogP contribution in [0.5, 0.6) is 0 Å². The van der Waals surface area contributed by atoms with Gasteiger partial charge in [0.25, 0.3) is 0 Å². The van der Waals surface area contributed by atoms with E-state index in [4.69, 9.17) is 21.4 Å². The van der Waals surface area contributed by atoms with Gasteiger partial charge < -0.3 is 27.0 Å². The molecule has 33 heavy (non-hydrogen) atoms. The zero-order valence-corrected chi connectivity index (χ0v) is 27.6. The van der Waals surface area contributed by atoms with Crippen molar-refractivity contribution in [3.8, 4) is 0 Å². The molecule has 0 radical (unpaired) electrons. The molecule has 15 heteroatoms. The smallest absolute Gasteiger partial charge is 0.437 e. The van der Waals surface area contributed by atoms with Gasteiger partial charge in [0.1, 0.15) is 6.61 Å². The van der Waals surface area contributed by atoms with Crippen molar-refractivity contribution in [1.29, 1.82) is 0 Å². The Labute approximate surface area is 205 Å². The number of hydrogen-bond donors (Lipinski definition) is 2. The first kappa shape index (κ1) is 33.3. The minimum atomic E-state index is -4.28. The Morgan fingerprint density at radius 2 is 1.39 bits per heavy atom. The van der Waals surface area contributed by atoms with E-state index >= 15 is 0 Å². The number of hydrogen-bond acceptors (Lipinski definition) is 7. The molecule has 2 N–H and O–H groups in total. The van der Waals surface area contributed by atoms with Crippen molar-refractivity contribution in [1.82, 2.24) is 5.32 Å². The highest BCUT2D eigenvalue weighted by molar-refractivity contribution is 7.47. The van der Waals surface area contributed by atoms with Crippen LogP contribution in [0.4, 0.5) is 0 Å². The van der Waals surface area contributed by atoms with Crippen LogP contribution in [0.1, 0.15) is 6.42 Å². The van der Waals surface area contributed by atoms with Gasteiger partial charge in [0, 0.05) is 6.54 Å². The molecule has 0 aliphatic rings. The van der Waals surface area contributed by atoms with Crippen LogP contribution < -0.4 is 5.32 Å². The number of phosphoric ester groups is 1. The monoisotopic (exact) mass is 563 g/mol. The summed E-state index contributed by atoms with van der Waals surface area (Å²) in [5.41, 5.74) is 0. The Hall–Kier alpha value is 0.288. The van der Waals surface area contributed by atoms with Crippen LogP contribution in [0.25, 0.3) is 0 Å². The van der Waals surface area contributed by atoms with E-state index < -0.39 is 54.1 Å². The van der Waals surface area contributed by atoms with E-state index in [1.807, 2.05) is 0 Å². The molecular weight excluding hydrogens is 516 g/mol. The predicted molar refractivity (Wildman–Crippen MR) is 141 cm³/mol. The summed E-state index contributed by atoms with van der Waals surface area (Å²) in [6.07, 6.45) is 0.658. The fraction of sp³-hybridized carbons (Fsp3) is 0.944. The third-order valence-corrected chi connectivity index (χ3v) is 18.1. The van der Waals surface area contributed by atoms with Crippen molar-refractivity contribution in [3.63, 3.8) is 0 Å². The van der Waals surface area contributed by atoms with E-state index in [0.29, 0.717) is 23.5 Å². The lowest BCUT2D eigenvalue weighted by Gasteiger charge is -2.41. The molecule has 198 valence electrons. The van der Waals surface area contributed by atoms with Gasteiger partial charge in [0.05, 0.1) is 21.1 Å². The molecule has 10 nitrogen and oxygen atoms in total. The Bertz CT molecular complexity index is 680. The molecule has 0 aliphatic heterocycles. The first-order valence-electron chi connectivity index (χ1n) is 11.2. The Morgan fingerprint density at radius 3 is 1.85 bits per heavy atom. The molecule has 0 aromatic rings. The maximum absolute atomic E-state index is 12.0. The maximum Gasteiger partial charge on any atom is 0.477 e. The SMILES string of the molecule is C[N+](C)(C)COP(=O)(O)OCC(=O)NCCC[Si](C)(O[Si](C)(C)C)O[Si](C)(C)O[Si](C)(C)C. The molecule has 0 rings (SSSR count). The standard InChI is InChI=1S/C18H47N2O8PSi4/c1-20(2,3)17-25-29(22,23)24-16-18(21)19-14-13-15-33(12,27-31(7,8)9)28-32(10,11)26-30(4,5)6/h13-17H2,1-12H3,(H-,19,21,22,23)/p+1. The Kier molecular flexibility index (Phi) is 12.6. The maximum atomic E-state index is 12.0. The Morgan fingerprint density at radius 1 is 0.879 bits per heavy atom. The summed E-state index contributed by atoms with van der Waals surface area (Å²) < 4.78 is 41.4. The average molecular weight is 564 g/mol. The van der Waals surface area contributed by atoms with Gasteiger partial charge in [0.2, 0.25) is 5.91 Å². The number of nitrogens with one attached hydrogen (secondary N) is 1. The minimum Gasteiger partial charge on any atom is -0.437 e. The van der Waals surface area contributed by atoms with Crippen LogP contribution in [0.2, 0.25) is 65.0 Å². The molecule has 2 unspecified atom stereocenters. The van der Waals surface area contributed by atoms with Gasteiger partial charge in [-0.25, -0.2) is 9.09 Å². The topological polar surface area (TPSA) is 113 Å². The van der Waals surface area contributed by atoms with E-state index in [-0.39, 0.29) is 6.73 Å². The molecule has 0 aromatic heterocycles. The van der Waals surface area contributed by atoms with Crippen LogP contribution in [0, 0.1) is 0 Å². The van der Waals surface area contributed by atoms with Crippen molar-refractivity contribution >= 4 is 47.5 Å². The van der Waals surface area contributed by atoms with Crippen molar-refractivity contribution in [2.45, 2.75) is 71.4 Å². The number of quaternary nitrogens is 1. The van der Waals surface area contributed by atoms with E-state index in [1.54, 1.807) is 21.1 Å². The summed E-state index contributed by atoms with van der Waals surface area (Å²) in [6.45, 7) is 18.9. The van der Waals surface area contributed by atoms with Gasteiger partial charge in [-0.2, -0.15) is 0 Å². The second-order valence-corrected chi connectivity index (χ2v) is 29.7. The Balaban J connectivity index is 4.75. The molecule has 0 fully saturated rings. The molecule has 0 aromatic carbocycles. The van der Waals surface area contributed by atoms with Gasteiger partial charge in [-0.05, 0) is 71.4 Å². The molecule has 1 amide bonds. The summed E-state index contributed by atoms with van der Waals surface area (Å²) in [5.74, 6) is -0.481. The first-order chi connectivity index (χ1) is 14.4. The van der Waals surface area contributed by atoms with E-state index in [9.17, 15) is 14.3 Å². The minimum absolute atomic E-state index is 0.0171. The third-order valence-electron chi connectivity index (χ3n) is 3.63. The number of nitrogens with zero attached hydrogens (tertiary/aromatic N) is 1. The zero-order chi connectivity index (χ0) is 26.4. The summed E-state index contributed by atoms with van der Waals surface area (Å²) >= 11 is 0. The van der Waals surface area contributed by atoms with Gasteiger partial charge in [-0.15, -0.1) is 0 Å². The number of carbonyl (C=O) groups excluding carboxylic acids is 1. The molecule has 0 saturated heterocycles. The van der Waals surface area contributed by atoms with Crippen LogP contribution in [0.15, 0.2) is 0 Å². The van der Waals surface area contributed by atoms with Crippen molar-refractivity contribution in [2.24, 2.45) is 0 Å². The predicted octanol–water partition coefficient (Wildman–Crippen LogP) is 3.78. The molecule has 0 spiro atoms. The highest BCUT2D eigenvalue weighted by Crippen LogP contribution is 2.43. The van der Waals surface area contributed by atoms with E-state index in [1.165, 1.54) is 0 Å². The van der Waals surface area contributed by atoms with Gasteiger partial charge in [-0.1, -0.05) is 0 Å². The van der Waals surface area contributed by atoms with Crippen LogP contribution in [-0.2, 0) is 30.8 Å². The van der Waals surface area contributed by atoms with Crippen LogP contribution in [0.3, 0.4) is 0 Å². The second-order valence-electron chi connectivity index (χ2n) is 11.8. The summed E-state index contributed by atoms with van der Waals surface area (Å²) in [5, 5.41) is 2.72. The number of carbonyl (C=O) groups is 1. The lowest BCUT2D eigenvalue weighted by molar-refractivity contribution is -0.887. The lowest BCUT2D eigenvalue weighted by Crippen LogP contribution is -2.57. The number of phosphoric acid groups is 1. The van der Waals surface area contributed by atoms with Crippen LogP contribution >= 0.6 is 7.82 Å². The third kappa shape index (κ3) is 19.2. The largest absolute Gasteiger partial charge is 0.477 e. The molecule has 0 saturated carbocycles. The first-order valence-corrected chi connectivity index (χ1v) is 24.9. The molecule has 2 atom stereocenters. The summed E-state index contributed by atoms with van der Waals surface area (Å²) in [4.78, 5) is 21.7. The fourth-order valence-corrected chi connectivity index (χ4v) is 22.0. The van der Waals surface area contributed by atoms with Crippen LogP contribution in [-0.4, -0.2) is 90.1 Å². The highest BCUT2D eigenvalue weighted by Gasteiger charge is 2.44. The molecular formula is C18H48N2O8PSi4+. The lowest BCUT2D eigenvalue weighted by atomic mass is 10.4. The quantitative estimate of drug-likeness (QED) is 0.0959. The molecule has 0 aliphatic carbocycles. The van der Waals surface area contributed by atoms with E-state index in [0.717, 1.165) is 0 Å². The number of amides is 1. The fourth-order valence-electron chi connectivity index (χ4n) is 3.16. The molecule has 0 heterocycles. The normalized spacial score (nSPS) is 17.4. The molecule has 0 bridgehead atoms. The summed E-state index contributed by atoms with van der Waals surface area (Å²) in [7, 11) is -7.39. The second kappa shape index (κ2) is 12.5. The van der Waals surface area contributed by atoms with E-state index in [2.05, 4.69) is 64.2 Å². The van der Waals surface area contributed by atoms with Crippen molar-refractivity contribution < 1.29 is 40.1 Å². The zero-order valence-electron chi connectivity index (χ0n) is 22.7. The number of rotatable bonds is 16. The highest BCUT2D eigenvalue weighted by atomic mass is 31.2. The van der Waals surface area contributed by atoms with Gasteiger partial charge in [-0.3, -0.25) is 9.32 Å². The summed E-state index contributed by atoms with van der Waals surface area (Å²) in [6, 6.07) is 0.703. The van der Waals surface area contributed by atoms with Gasteiger partial charge in [0.15, 0.2) is 23.4 Å².